The summed E-state index contributed by atoms with van der Waals surface area (Å²) in [6, 6.07) is 17.4. The molecular weight excluding hydrogens is 276 g/mol. The van der Waals surface area contributed by atoms with E-state index in [-0.39, 0.29) is 5.91 Å². The first-order valence-corrected chi connectivity index (χ1v) is 7.36. The van der Waals surface area contributed by atoms with Crippen molar-refractivity contribution in [1.29, 1.82) is 0 Å². The van der Waals surface area contributed by atoms with Gasteiger partial charge >= 0.3 is 0 Å². The number of ether oxygens (including phenoxy) is 1. The van der Waals surface area contributed by atoms with Gasteiger partial charge in [0, 0.05) is 12.2 Å². The maximum atomic E-state index is 11.9. The van der Waals surface area contributed by atoms with Gasteiger partial charge in [-0.2, -0.15) is 0 Å². The van der Waals surface area contributed by atoms with Crippen LogP contribution in [-0.4, -0.2) is 37.6 Å². The lowest BCUT2D eigenvalue weighted by Crippen LogP contribution is -2.33. The average Bonchev–Trinajstić information content (AvgIpc) is 2.50. The molecule has 0 aliphatic carbocycles. The standard InChI is InChI=1S/C18H22N2O2/c1-15-8-10-16(11-9-15)19-18(21)14-20(2)12-13-22-17-6-4-3-5-7-17/h3-11H,12-14H2,1-2H3,(H,19,21). The topological polar surface area (TPSA) is 41.6 Å². The van der Waals surface area contributed by atoms with Crippen LogP contribution in [0.2, 0.25) is 0 Å². The number of carbonyl (C=O) groups is 1. The molecule has 0 unspecified atom stereocenters. The van der Waals surface area contributed by atoms with Gasteiger partial charge in [-0.3, -0.25) is 9.69 Å². The molecule has 116 valence electrons. The maximum Gasteiger partial charge on any atom is 0.238 e. The zero-order valence-corrected chi connectivity index (χ0v) is 13.1. The van der Waals surface area contributed by atoms with E-state index in [4.69, 9.17) is 4.74 Å². The molecular formula is C18H22N2O2. The van der Waals surface area contributed by atoms with E-state index in [2.05, 4.69) is 5.32 Å². The molecule has 1 amide bonds. The number of hydrogen-bond acceptors (Lipinski definition) is 3. The number of para-hydroxylation sites is 1. The van der Waals surface area contributed by atoms with Crippen molar-refractivity contribution in [2.45, 2.75) is 6.92 Å². The van der Waals surface area contributed by atoms with Crippen molar-refractivity contribution in [2.24, 2.45) is 0 Å². The third kappa shape index (κ3) is 5.58. The van der Waals surface area contributed by atoms with E-state index in [9.17, 15) is 4.79 Å². The first-order valence-electron chi connectivity index (χ1n) is 7.36. The van der Waals surface area contributed by atoms with Gasteiger partial charge in [0.15, 0.2) is 0 Å². The number of nitrogens with zero attached hydrogens (tertiary/aromatic N) is 1. The minimum Gasteiger partial charge on any atom is -0.492 e. The summed E-state index contributed by atoms with van der Waals surface area (Å²) in [5.41, 5.74) is 2.00. The van der Waals surface area contributed by atoms with Crippen LogP contribution in [0.15, 0.2) is 54.6 Å². The van der Waals surface area contributed by atoms with Crippen molar-refractivity contribution in [3.63, 3.8) is 0 Å². The highest BCUT2D eigenvalue weighted by Crippen LogP contribution is 2.09. The van der Waals surface area contributed by atoms with E-state index in [1.165, 1.54) is 5.56 Å². The smallest absolute Gasteiger partial charge is 0.238 e. The monoisotopic (exact) mass is 298 g/mol. The predicted octanol–water partition coefficient (Wildman–Crippen LogP) is 2.94. The lowest BCUT2D eigenvalue weighted by Gasteiger charge is -2.16. The highest BCUT2D eigenvalue weighted by Gasteiger charge is 2.07. The van der Waals surface area contributed by atoms with E-state index < -0.39 is 0 Å². The van der Waals surface area contributed by atoms with Crippen LogP contribution in [0.25, 0.3) is 0 Å². The summed E-state index contributed by atoms with van der Waals surface area (Å²) < 4.78 is 5.62. The van der Waals surface area contributed by atoms with Crippen molar-refractivity contribution in [3.8, 4) is 5.75 Å². The number of carbonyl (C=O) groups excluding carboxylic acids is 1. The van der Waals surface area contributed by atoms with E-state index in [0.29, 0.717) is 19.7 Å². The molecule has 1 N–H and O–H groups in total. The van der Waals surface area contributed by atoms with Gasteiger partial charge in [0.2, 0.25) is 5.91 Å². The lowest BCUT2D eigenvalue weighted by molar-refractivity contribution is -0.117. The van der Waals surface area contributed by atoms with Crippen molar-refractivity contribution in [2.75, 3.05) is 32.1 Å². The Labute approximate surface area is 131 Å². The first kappa shape index (κ1) is 16.0. The second kappa shape index (κ2) is 8.20. The minimum absolute atomic E-state index is 0.0222. The summed E-state index contributed by atoms with van der Waals surface area (Å²) in [7, 11) is 1.91. The van der Waals surface area contributed by atoms with Crippen molar-refractivity contribution >= 4 is 11.6 Å². The number of amides is 1. The summed E-state index contributed by atoms with van der Waals surface area (Å²) in [5.74, 6) is 0.825. The minimum atomic E-state index is -0.0222. The number of nitrogens with one attached hydrogen (secondary N) is 1. The normalized spacial score (nSPS) is 10.5. The molecule has 0 saturated carbocycles. The number of likely N-dealkylation sites (N-methyl/N-ethyl adjacent to an activating group) is 1. The molecule has 0 atom stereocenters. The van der Waals surface area contributed by atoms with Gasteiger partial charge in [-0.15, -0.1) is 0 Å². The molecule has 22 heavy (non-hydrogen) atoms. The molecule has 0 aliphatic rings. The lowest BCUT2D eigenvalue weighted by atomic mass is 10.2. The molecule has 4 nitrogen and oxygen atoms in total. The Morgan fingerprint density at radius 3 is 2.45 bits per heavy atom. The summed E-state index contributed by atoms with van der Waals surface area (Å²) in [6.07, 6.45) is 0. The third-order valence-electron chi connectivity index (χ3n) is 3.23. The Kier molecular flexibility index (Phi) is 5.98. The van der Waals surface area contributed by atoms with Crippen LogP contribution in [0.1, 0.15) is 5.56 Å². The van der Waals surface area contributed by atoms with Crippen LogP contribution in [0, 0.1) is 6.92 Å². The van der Waals surface area contributed by atoms with Crippen LogP contribution in [0.5, 0.6) is 5.75 Å². The molecule has 4 heteroatoms. The molecule has 0 spiro atoms. The van der Waals surface area contributed by atoms with Gasteiger partial charge in [0.1, 0.15) is 12.4 Å². The number of hydrogen-bond donors (Lipinski definition) is 1. The van der Waals surface area contributed by atoms with E-state index in [1.54, 1.807) is 0 Å². The van der Waals surface area contributed by atoms with Crippen LogP contribution >= 0.6 is 0 Å². The van der Waals surface area contributed by atoms with Gasteiger partial charge < -0.3 is 10.1 Å². The summed E-state index contributed by atoms with van der Waals surface area (Å²) >= 11 is 0. The molecule has 0 fully saturated rings. The number of anilines is 1. The number of benzene rings is 2. The van der Waals surface area contributed by atoms with E-state index >= 15 is 0 Å². The van der Waals surface area contributed by atoms with Crippen LogP contribution in [-0.2, 0) is 4.79 Å². The van der Waals surface area contributed by atoms with Crippen molar-refractivity contribution in [3.05, 3.63) is 60.2 Å². The number of aryl methyl sites for hydroxylation is 1. The Balaban J connectivity index is 1.68. The van der Waals surface area contributed by atoms with Crippen LogP contribution in [0.4, 0.5) is 5.69 Å². The van der Waals surface area contributed by atoms with Crippen LogP contribution < -0.4 is 10.1 Å². The number of rotatable bonds is 7. The fraction of sp³-hybridized carbons (Fsp3) is 0.278. The van der Waals surface area contributed by atoms with E-state index in [1.807, 2.05) is 73.5 Å². The fourth-order valence-electron chi connectivity index (χ4n) is 2.00. The largest absolute Gasteiger partial charge is 0.492 e. The molecule has 2 aromatic carbocycles. The highest BCUT2D eigenvalue weighted by molar-refractivity contribution is 5.92. The van der Waals surface area contributed by atoms with Gasteiger partial charge in [-0.05, 0) is 38.2 Å². The Hall–Kier alpha value is -2.33. The Morgan fingerprint density at radius 1 is 1.09 bits per heavy atom. The summed E-state index contributed by atoms with van der Waals surface area (Å²) in [4.78, 5) is 13.9. The summed E-state index contributed by atoms with van der Waals surface area (Å²) in [5, 5.41) is 2.89. The molecule has 0 saturated heterocycles. The first-order chi connectivity index (χ1) is 10.6. The molecule has 0 aromatic heterocycles. The fourth-order valence-corrected chi connectivity index (χ4v) is 2.00. The zero-order chi connectivity index (χ0) is 15.8. The van der Waals surface area contributed by atoms with Gasteiger partial charge in [-0.25, -0.2) is 0 Å². The zero-order valence-electron chi connectivity index (χ0n) is 13.1. The average molecular weight is 298 g/mol. The summed E-state index contributed by atoms with van der Waals surface area (Å²) in [6.45, 7) is 3.60. The second-order valence-electron chi connectivity index (χ2n) is 5.31. The van der Waals surface area contributed by atoms with Gasteiger partial charge in [0.05, 0.1) is 6.54 Å². The second-order valence-corrected chi connectivity index (χ2v) is 5.31. The molecule has 0 radical (unpaired) electrons. The molecule has 0 bridgehead atoms. The SMILES string of the molecule is Cc1ccc(NC(=O)CN(C)CCOc2ccccc2)cc1. The van der Waals surface area contributed by atoms with Gasteiger partial charge in [-0.1, -0.05) is 35.9 Å². The predicted molar refractivity (Wildman–Crippen MR) is 89.2 cm³/mol. The Morgan fingerprint density at radius 2 is 1.77 bits per heavy atom. The molecule has 2 aromatic rings. The highest BCUT2D eigenvalue weighted by atomic mass is 16.5. The molecule has 0 heterocycles. The molecule has 2 rings (SSSR count). The van der Waals surface area contributed by atoms with Crippen molar-refractivity contribution < 1.29 is 9.53 Å². The van der Waals surface area contributed by atoms with Crippen LogP contribution in [0.3, 0.4) is 0 Å². The van der Waals surface area contributed by atoms with Gasteiger partial charge in [0.25, 0.3) is 0 Å². The maximum absolute atomic E-state index is 11.9. The third-order valence-corrected chi connectivity index (χ3v) is 3.23. The Bertz CT molecular complexity index is 582. The van der Waals surface area contributed by atoms with Crippen molar-refractivity contribution in [1.82, 2.24) is 4.90 Å². The quantitative estimate of drug-likeness (QED) is 0.854. The van der Waals surface area contributed by atoms with E-state index in [0.717, 1.165) is 11.4 Å². The molecule has 0 aliphatic heterocycles.